The van der Waals surface area contributed by atoms with Crippen LogP contribution in [0.15, 0.2) is 22.7 Å². The Hall–Kier alpha value is -0.550. The molecule has 2 rings (SSSR count). The van der Waals surface area contributed by atoms with E-state index in [-0.39, 0.29) is 0 Å². The number of aromatic nitrogens is 2. The summed E-state index contributed by atoms with van der Waals surface area (Å²) in [4.78, 5) is 0. The number of benzene rings is 1. The van der Waals surface area contributed by atoms with E-state index in [4.69, 9.17) is 39.5 Å². The van der Waals surface area contributed by atoms with Crippen molar-refractivity contribution in [1.29, 1.82) is 0 Å². The molecule has 0 radical (unpaired) electrons. The van der Waals surface area contributed by atoms with E-state index in [0.717, 1.165) is 16.5 Å². The molecule has 0 amide bonds. The summed E-state index contributed by atoms with van der Waals surface area (Å²) in [7, 11) is 0. The SMILES string of the molecule is CCc1cc(Oc2c(Cl)cc(Br)cc2Cl)nnc1Cl. The summed E-state index contributed by atoms with van der Waals surface area (Å²) in [6.07, 6.45) is 0.729. The zero-order chi connectivity index (χ0) is 14.0. The lowest BCUT2D eigenvalue weighted by atomic mass is 10.2. The van der Waals surface area contributed by atoms with E-state index in [1.54, 1.807) is 18.2 Å². The minimum atomic E-state index is 0.298. The predicted molar refractivity (Wildman–Crippen MR) is 80.7 cm³/mol. The van der Waals surface area contributed by atoms with Gasteiger partial charge in [-0.05, 0) is 24.1 Å². The van der Waals surface area contributed by atoms with E-state index in [1.807, 2.05) is 6.92 Å². The third-order valence-electron chi connectivity index (χ3n) is 2.35. The van der Waals surface area contributed by atoms with E-state index < -0.39 is 0 Å². The second kappa shape index (κ2) is 6.27. The first-order chi connectivity index (χ1) is 9.01. The Balaban J connectivity index is 2.36. The van der Waals surface area contributed by atoms with Crippen molar-refractivity contribution in [2.45, 2.75) is 13.3 Å². The third kappa shape index (κ3) is 3.51. The first-order valence-corrected chi connectivity index (χ1v) is 7.28. The van der Waals surface area contributed by atoms with Crippen LogP contribution in [0.3, 0.4) is 0 Å². The van der Waals surface area contributed by atoms with Gasteiger partial charge in [0.25, 0.3) is 0 Å². The molecule has 7 heteroatoms. The molecule has 0 unspecified atom stereocenters. The summed E-state index contributed by atoms with van der Waals surface area (Å²) in [6, 6.07) is 5.09. The fraction of sp³-hybridized carbons (Fsp3) is 0.167. The Kier molecular flexibility index (Phi) is 4.90. The number of nitrogens with zero attached hydrogens (tertiary/aromatic N) is 2. The number of aryl methyl sites for hydroxylation is 1. The van der Waals surface area contributed by atoms with Crippen LogP contribution in [-0.2, 0) is 6.42 Å². The van der Waals surface area contributed by atoms with Crippen LogP contribution in [0.1, 0.15) is 12.5 Å². The Morgan fingerprint density at radius 3 is 2.32 bits per heavy atom. The highest BCUT2D eigenvalue weighted by molar-refractivity contribution is 9.10. The van der Waals surface area contributed by atoms with Gasteiger partial charge in [0.15, 0.2) is 10.9 Å². The first kappa shape index (κ1) is 14.9. The molecule has 0 fully saturated rings. The number of ether oxygens (including phenoxy) is 1. The number of rotatable bonds is 3. The molecular weight excluding hydrogens is 374 g/mol. The Bertz CT molecular complexity index is 599. The van der Waals surface area contributed by atoms with Gasteiger partial charge in [0.1, 0.15) is 0 Å². The third-order valence-corrected chi connectivity index (χ3v) is 3.69. The standard InChI is InChI=1S/C12H8BrCl3N2O/c1-2-6-3-10(17-18-12(6)16)19-11-8(14)4-7(13)5-9(11)15/h3-5H,2H2,1H3. The van der Waals surface area contributed by atoms with E-state index >= 15 is 0 Å². The molecule has 1 aromatic carbocycles. The van der Waals surface area contributed by atoms with Crippen molar-refractivity contribution in [1.82, 2.24) is 10.2 Å². The Labute approximate surface area is 134 Å². The summed E-state index contributed by atoms with van der Waals surface area (Å²) in [5.74, 6) is 0.637. The molecule has 0 saturated carbocycles. The van der Waals surface area contributed by atoms with Crippen LogP contribution in [0.4, 0.5) is 0 Å². The van der Waals surface area contributed by atoms with Crippen molar-refractivity contribution in [3.05, 3.63) is 43.4 Å². The van der Waals surface area contributed by atoms with E-state index in [9.17, 15) is 0 Å². The molecule has 0 bridgehead atoms. The van der Waals surface area contributed by atoms with Gasteiger partial charge in [0.2, 0.25) is 5.88 Å². The van der Waals surface area contributed by atoms with Gasteiger partial charge in [0, 0.05) is 10.5 Å². The molecule has 100 valence electrons. The van der Waals surface area contributed by atoms with Crippen LogP contribution < -0.4 is 4.74 Å². The molecule has 0 atom stereocenters. The maximum absolute atomic E-state index is 6.08. The predicted octanol–water partition coefficient (Wildman–Crippen LogP) is 5.55. The average molecular weight is 382 g/mol. The molecule has 2 aromatic rings. The second-order valence-corrected chi connectivity index (χ2v) is 5.74. The molecule has 1 heterocycles. The maximum Gasteiger partial charge on any atom is 0.239 e. The topological polar surface area (TPSA) is 35.0 Å². The van der Waals surface area contributed by atoms with Gasteiger partial charge < -0.3 is 4.74 Å². The largest absolute Gasteiger partial charge is 0.434 e. The lowest BCUT2D eigenvalue weighted by molar-refractivity contribution is 0.454. The molecule has 0 aliphatic carbocycles. The molecule has 0 aliphatic rings. The van der Waals surface area contributed by atoms with E-state index in [0.29, 0.717) is 26.8 Å². The van der Waals surface area contributed by atoms with Crippen molar-refractivity contribution < 1.29 is 4.74 Å². The zero-order valence-corrected chi connectivity index (χ0v) is 13.6. The van der Waals surface area contributed by atoms with Crippen LogP contribution in [0.25, 0.3) is 0 Å². The van der Waals surface area contributed by atoms with E-state index in [1.165, 1.54) is 0 Å². The lowest BCUT2D eigenvalue weighted by Crippen LogP contribution is -1.95. The summed E-state index contributed by atoms with van der Waals surface area (Å²) < 4.78 is 6.35. The molecule has 0 spiro atoms. The summed E-state index contributed by atoms with van der Waals surface area (Å²) in [5.41, 5.74) is 0.844. The fourth-order valence-corrected chi connectivity index (χ4v) is 2.94. The fourth-order valence-electron chi connectivity index (χ4n) is 1.42. The molecule has 0 N–H and O–H groups in total. The highest BCUT2D eigenvalue weighted by Crippen LogP contribution is 2.38. The number of halogens is 4. The summed E-state index contributed by atoms with van der Waals surface area (Å²) >= 11 is 21.3. The number of hydrogen-bond acceptors (Lipinski definition) is 3. The monoisotopic (exact) mass is 380 g/mol. The van der Waals surface area contributed by atoms with Gasteiger partial charge in [-0.1, -0.05) is 57.7 Å². The smallest absolute Gasteiger partial charge is 0.239 e. The van der Waals surface area contributed by atoms with Gasteiger partial charge in [-0.25, -0.2) is 0 Å². The van der Waals surface area contributed by atoms with E-state index in [2.05, 4.69) is 26.1 Å². The molecule has 0 aliphatic heterocycles. The zero-order valence-electron chi connectivity index (χ0n) is 9.75. The molecule has 0 saturated heterocycles. The minimum Gasteiger partial charge on any atom is -0.434 e. The van der Waals surface area contributed by atoms with Crippen LogP contribution >= 0.6 is 50.7 Å². The van der Waals surface area contributed by atoms with Crippen molar-refractivity contribution in [2.75, 3.05) is 0 Å². The second-order valence-electron chi connectivity index (χ2n) is 3.65. The Morgan fingerprint density at radius 2 is 1.74 bits per heavy atom. The van der Waals surface area contributed by atoms with Gasteiger partial charge >= 0.3 is 0 Å². The quantitative estimate of drug-likeness (QED) is 0.698. The van der Waals surface area contributed by atoms with Crippen LogP contribution in [-0.4, -0.2) is 10.2 Å². The number of hydrogen-bond donors (Lipinski definition) is 0. The van der Waals surface area contributed by atoms with Crippen molar-refractivity contribution in [3.8, 4) is 11.6 Å². The van der Waals surface area contributed by atoms with Crippen molar-refractivity contribution in [2.24, 2.45) is 0 Å². The maximum atomic E-state index is 6.08. The molecular formula is C12H8BrCl3N2O. The van der Waals surface area contributed by atoms with Crippen LogP contribution in [0, 0.1) is 0 Å². The first-order valence-electron chi connectivity index (χ1n) is 5.35. The highest BCUT2D eigenvalue weighted by atomic mass is 79.9. The van der Waals surface area contributed by atoms with Gasteiger partial charge in [-0.2, -0.15) is 0 Å². The van der Waals surface area contributed by atoms with Crippen LogP contribution in [0.2, 0.25) is 15.2 Å². The van der Waals surface area contributed by atoms with Crippen molar-refractivity contribution >= 4 is 50.7 Å². The molecule has 19 heavy (non-hydrogen) atoms. The lowest BCUT2D eigenvalue weighted by Gasteiger charge is -2.09. The van der Waals surface area contributed by atoms with Gasteiger partial charge in [-0.15, -0.1) is 10.2 Å². The Morgan fingerprint density at radius 1 is 1.11 bits per heavy atom. The van der Waals surface area contributed by atoms with Crippen molar-refractivity contribution in [3.63, 3.8) is 0 Å². The summed E-state index contributed by atoms with van der Waals surface area (Å²) in [6.45, 7) is 1.96. The molecule has 3 nitrogen and oxygen atoms in total. The molecule has 1 aromatic heterocycles. The van der Waals surface area contributed by atoms with Gasteiger partial charge in [-0.3, -0.25) is 0 Å². The summed E-state index contributed by atoms with van der Waals surface area (Å²) in [5, 5.41) is 8.80. The minimum absolute atomic E-state index is 0.298. The van der Waals surface area contributed by atoms with Crippen LogP contribution in [0.5, 0.6) is 11.6 Å². The highest BCUT2D eigenvalue weighted by Gasteiger charge is 2.12. The van der Waals surface area contributed by atoms with Gasteiger partial charge in [0.05, 0.1) is 10.0 Å². The average Bonchev–Trinajstić information content (AvgIpc) is 2.35. The normalized spacial score (nSPS) is 10.6.